The minimum atomic E-state index is -0.0895. The molecule has 4 rings (SSSR count). The SMILES string of the molecule is CC(C)Cc1cccc2c1C(=O)C1C3C=CC(C3)C1C2=O. The summed E-state index contributed by atoms with van der Waals surface area (Å²) in [6.07, 6.45) is 6.16. The van der Waals surface area contributed by atoms with Crippen molar-refractivity contribution in [2.45, 2.75) is 26.7 Å². The zero-order chi connectivity index (χ0) is 14.7. The van der Waals surface area contributed by atoms with Gasteiger partial charge in [0.25, 0.3) is 0 Å². The van der Waals surface area contributed by atoms with Gasteiger partial charge in [-0.3, -0.25) is 9.59 Å². The van der Waals surface area contributed by atoms with Crippen LogP contribution in [0.4, 0.5) is 0 Å². The first kappa shape index (κ1) is 13.0. The van der Waals surface area contributed by atoms with Gasteiger partial charge in [0.15, 0.2) is 11.6 Å². The fourth-order valence-electron chi connectivity index (χ4n) is 4.59. The lowest BCUT2D eigenvalue weighted by molar-refractivity contribution is 0.0719. The first-order valence-electron chi connectivity index (χ1n) is 7.96. The summed E-state index contributed by atoms with van der Waals surface area (Å²) in [5.41, 5.74) is 2.48. The van der Waals surface area contributed by atoms with Crippen molar-refractivity contribution < 1.29 is 9.59 Å². The molecule has 1 saturated carbocycles. The number of fused-ring (bicyclic) bond motifs is 6. The molecule has 0 saturated heterocycles. The molecule has 0 N–H and O–H groups in total. The van der Waals surface area contributed by atoms with E-state index < -0.39 is 0 Å². The first-order chi connectivity index (χ1) is 10.1. The van der Waals surface area contributed by atoms with E-state index in [0.717, 1.165) is 24.0 Å². The average molecular weight is 280 g/mol. The highest BCUT2D eigenvalue weighted by atomic mass is 16.1. The van der Waals surface area contributed by atoms with Crippen LogP contribution in [0.2, 0.25) is 0 Å². The number of ketones is 2. The summed E-state index contributed by atoms with van der Waals surface area (Å²) in [4.78, 5) is 25.9. The minimum Gasteiger partial charge on any atom is -0.294 e. The van der Waals surface area contributed by atoms with E-state index in [9.17, 15) is 9.59 Å². The molecule has 2 heteroatoms. The number of benzene rings is 1. The van der Waals surface area contributed by atoms with Crippen LogP contribution in [0.15, 0.2) is 30.4 Å². The van der Waals surface area contributed by atoms with Gasteiger partial charge in [-0.25, -0.2) is 0 Å². The largest absolute Gasteiger partial charge is 0.294 e. The van der Waals surface area contributed by atoms with Crippen molar-refractivity contribution in [2.24, 2.45) is 29.6 Å². The van der Waals surface area contributed by atoms with E-state index in [1.807, 2.05) is 18.2 Å². The van der Waals surface area contributed by atoms with Crippen molar-refractivity contribution in [2.75, 3.05) is 0 Å². The zero-order valence-electron chi connectivity index (χ0n) is 12.5. The second kappa shape index (κ2) is 4.40. The maximum atomic E-state index is 13.0. The fraction of sp³-hybridized carbons (Fsp3) is 0.474. The minimum absolute atomic E-state index is 0.0886. The van der Waals surface area contributed by atoms with E-state index in [0.29, 0.717) is 17.4 Å². The molecule has 108 valence electrons. The molecule has 0 spiro atoms. The third-order valence-electron chi connectivity index (χ3n) is 5.36. The number of carbonyl (C=O) groups excluding carboxylic acids is 2. The van der Waals surface area contributed by atoms with Gasteiger partial charge in [-0.2, -0.15) is 0 Å². The summed E-state index contributed by atoms with van der Waals surface area (Å²) in [6, 6.07) is 5.81. The molecular weight excluding hydrogens is 260 g/mol. The topological polar surface area (TPSA) is 34.1 Å². The summed E-state index contributed by atoms with van der Waals surface area (Å²) in [7, 11) is 0. The molecule has 0 aliphatic heterocycles. The predicted octanol–water partition coefficient (Wildman–Crippen LogP) is 3.70. The van der Waals surface area contributed by atoms with Crippen LogP contribution in [-0.2, 0) is 6.42 Å². The van der Waals surface area contributed by atoms with Crippen LogP contribution >= 0.6 is 0 Å². The van der Waals surface area contributed by atoms with Crippen molar-refractivity contribution in [3.8, 4) is 0 Å². The van der Waals surface area contributed by atoms with E-state index in [4.69, 9.17) is 0 Å². The van der Waals surface area contributed by atoms with Crippen LogP contribution < -0.4 is 0 Å². The average Bonchev–Trinajstić information content (AvgIpc) is 3.05. The lowest BCUT2D eigenvalue weighted by atomic mass is 9.68. The van der Waals surface area contributed by atoms with Gasteiger partial charge in [-0.1, -0.05) is 44.2 Å². The van der Waals surface area contributed by atoms with Crippen molar-refractivity contribution >= 4 is 11.6 Å². The van der Waals surface area contributed by atoms with E-state index in [2.05, 4.69) is 26.0 Å². The van der Waals surface area contributed by atoms with Gasteiger partial charge >= 0.3 is 0 Å². The molecule has 2 nitrogen and oxygen atoms in total. The van der Waals surface area contributed by atoms with Gasteiger partial charge in [0, 0.05) is 23.0 Å². The Morgan fingerprint density at radius 2 is 1.71 bits per heavy atom. The Morgan fingerprint density at radius 1 is 1.05 bits per heavy atom. The molecule has 0 radical (unpaired) electrons. The maximum absolute atomic E-state index is 13.0. The van der Waals surface area contributed by atoms with Crippen molar-refractivity contribution in [3.05, 3.63) is 47.0 Å². The van der Waals surface area contributed by atoms with Gasteiger partial charge in [0.05, 0.1) is 0 Å². The van der Waals surface area contributed by atoms with E-state index >= 15 is 0 Å². The lowest BCUT2D eigenvalue weighted by Crippen LogP contribution is -2.39. The molecule has 4 unspecified atom stereocenters. The maximum Gasteiger partial charge on any atom is 0.168 e. The van der Waals surface area contributed by atoms with E-state index in [1.54, 1.807) is 0 Å². The van der Waals surface area contributed by atoms with Gasteiger partial charge < -0.3 is 0 Å². The quantitative estimate of drug-likeness (QED) is 0.774. The fourth-order valence-corrected chi connectivity index (χ4v) is 4.59. The number of hydrogen-bond donors (Lipinski definition) is 0. The Labute approximate surface area is 125 Å². The molecule has 1 aromatic rings. The van der Waals surface area contributed by atoms with Gasteiger partial charge in [-0.05, 0) is 36.2 Å². The number of hydrogen-bond acceptors (Lipinski definition) is 2. The smallest absolute Gasteiger partial charge is 0.168 e. The third-order valence-corrected chi connectivity index (χ3v) is 5.36. The van der Waals surface area contributed by atoms with Crippen molar-refractivity contribution in [3.63, 3.8) is 0 Å². The number of rotatable bonds is 2. The number of Topliss-reactive ketones (excluding diaryl/α,β-unsaturated/α-hetero) is 2. The highest BCUT2D eigenvalue weighted by molar-refractivity contribution is 6.17. The molecule has 1 aromatic carbocycles. The molecule has 1 fully saturated rings. The molecular formula is C19H20O2. The van der Waals surface area contributed by atoms with Crippen LogP contribution in [0.1, 0.15) is 46.5 Å². The molecule has 21 heavy (non-hydrogen) atoms. The summed E-state index contributed by atoms with van der Waals surface area (Å²) in [5.74, 6) is 1.31. The first-order valence-corrected chi connectivity index (χ1v) is 7.96. The Hall–Kier alpha value is -1.70. The van der Waals surface area contributed by atoms with Crippen LogP contribution in [0.5, 0.6) is 0 Å². The zero-order valence-corrected chi connectivity index (χ0v) is 12.5. The van der Waals surface area contributed by atoms with Crippen molar-refractivity contribution in [1.29, 1.82) is 0 Å². The van der Waals surface area contributed by atoms with E-state index in [1.165, 1.54) is 0 Å². The Morgan fingerprint density at radius 3 is 2.38 bits per heavy atom. The third kappa shape index (κ3) is 1.71. The summed E-state index contributed by atoms with van der Waals surface area (Å²) < 4.78 is 0. The highest BCUT2D eigenvalue weighted by Crippen LogP contribution is 2.53. The van der Waals surface area contributed by atoms with Crippen LogP contribution in [0.25, 0.3) is 0 Å². The van der Waals surface area contributed by atoms with Gasteiger partial charge in [-0.15, -0.1) is 0 Å². The van der Waals surface area contributed by atoms with Crippen LogP contribution in [0, 0.1) is 29.6 Å². The van der Waals surface area contributed by atoms with Gasteiger partial charge in [0.2, 0.25) is 0 Å². The predicted molar refractivity (Wildman–Crippen MR) is 81.4 cm³/mol. The molecule has 0 amide bonds. The lowest BCUT2D eigenvalue weighted by Gasteiger charge is -2.32. The Balaban J connectivity index is 1.86. The monoisotopic (exact) mass is 280 g/mol. The molecule has 4 atom stereocenters. The second-order valence-electron chi connectivity index (χ2n) is 7.17. The molecule has 3 aliphatic carbocycles. The van der Waals surface area contributed by atoms with Crippen molar-refractivity contribution in [1.82, 2.24) is 0 Å². The standard InChI is InChI=1S/C19H20O2/c1-10(2)8-11-4-3-5-14-15(11)19(21)17-13-7-6-12(9-13)16(17)18(14)20/h3-7,10,12-13,16-17H,8-9H2,1-2H3. The number of carbonyl (C=O) groups is 2. The normalized spacial score (nSPS) is 32.7. The van der Waals surface area contributed by atoms with Crippen LogP contribution in [0.3, 0.4) is 0 Å². The second-order valence-corrected chi connectivity index (χ2v) is 7.17. The Bertz CT molecular complexity index is 668. The molecule has 2 bridgehead atoms. The summed E-state index contributed by atoms with van der Waals surface area (Å²) >= 11 is 0. The Kier molecular flexibility index (Phi) is 2.72. The molecule has 0 heterocycles. The van der Waals surface area contributed by atoms with Crippen LogP contribution in [-0.4, -0.2) is 11.6 Å². The highest BCUT2D eigenvalue weighted by Gasteiger charge is 2.54. The number of allylic oxidation sites excluding steroid dienone is 2. The molecule has 3 aliphatic rings. The molecule has 0 aromatic heterocycles. The van der Waals surface area contributed by atoms with Gasteiger partial charge in [0.1, 0.15) is 0 Å². The van der Waals surface area contributed by atoms with E-state index in [-0.39, 0.29) is 29.3 Å². The summed E-state index contributed by atoms with van der Waals surface area (Å²) in [6.45, 7) is 4.30. The summed E-state index contributed by atoms with van der Waals surface area (Å²) in [5, 5.41) is 0.